The highest BCUT2D eigenvalue weighted by Crippen LogP contribution is 2.23. The summed E-state index contributed by atoms with van der Waals surface area (Å²) in [7, 11) is 0. The highest BCUT2D eigenvalue weighted by molar-refractivity contribution is 5.91. The molecule has 3 rings (SSSR count). The Morgan fingerprint density at radius 3 is 2.39 bits per heavy atom. The average molecular weight is 314 g/mol. The molecular weight excluding hydrogens is 292 g/mol. The van der Waals surface area contributed by atoms with Crippen LogP contribution in [-0.2, 0) is 0 Å². The van der Waals surface area contributed by atoms with Gasteiger partial charge in [0.2, 0.25) is 5.69 Å². The number of carbonyl (C=O) groups is 1. The van der Waals surface area contributed by atoms with Crippen LogP contribution in [0.25, 0.3) is 5.69 Å². The Morgan fingerprint density at radius 2 is 1.78 bits per heavy atom. The minimum atomic E-state index is -1.03. The van der Waals surface area contributed by atoms with Crippen LogP contribution in [0.2, 0.25) is 0 Å². The first-order valence-electron chi connectivity index (χ1n) is 8.09. The SMILES string of the molecule is Cc1ccc(-n2nc(C(=O)O)c(N3CCCCCC3)n2)c(C)c1. The first-order chi connectivity index (χ1) is 11.1. The second kappa shape index (κ2) is 6.40. The topological polar surface area (TPSA) is 71.2 Å². The van der Waals surface area contributed by atoms with E-state index in [9.17, 15) is 9.90 Å². The van der Waals surface area contributed by atoms with Crippen molar-refractivity contribution in [1.29, 1.82) is 0 Å². The van der Waals surface area contributed by atoms with E-state index in [0.29, 0.717) is 5.82 Å². The van der Waals surface area contributed by atoms with Gasteiger partial charge in [-0.1, -0.05) is 30.5 Å². The number of benzene rings is 1. The lowest BCUT2D eigenvalue weighted by Gasteiger charge is -2.19. The standard InChI is InChI=1S/C17H22N4O2/c1-12-7-8-14(13(2)11-12)21-18-15(17(22)23)16(19-21)20-9-5-3-4-6-10-20/h7-8,11H,3-6,9-10H2,1-2H3,(H,22,23). The van der Waals surface area contributed by atoms with E-state index < -0.39 is 5.97 Å². The molecule has 0 saturated carbocycles. The molecule has 6 nitrogen and oxygen atoms in total. The van der Waals surface area contributed by atoms with Gasteiger partial charge in [-0.15, -0.1) is 15.0 Å². The fraction of sp³-hybridized carbons (Fsp3) is 0.471. The van der Waals surface area contributed by atoms with Crippen LogP contribution in [0, 0.1) is 13.8 Å². The van der Waals surface area contributed by atoms with Crippen LogP contribution in [0.5, 0.6) is 0 Å². The summed E-state index contributed by atoms with van der Waals surface area (Å²) in [4.78, 5) is 15.1. The zero-order chi connectivity index (χ0) is 16.4. The second-order valence-corrected chi connectivity index (χ2v) is 6.16. The van der Waals surface area contributed by atoms with Crippen molar-refractivity contribution >= 4 is 11.8 Å². The predicted molar refractivity (Wildman–Crippen MR) is 88.5 cm³/mol. The molecular formula is C17H22N4O2. The van der Waals surface area contributed by atoms with Crippen LogP contribution >= 0.6 is 0 Å². The van der Waals surface area contributed by atoms with Gasteiger partial charge in [-0.3, -0.25) is 0 Å². The van der Waals surface area contributed by atoms with Gasteiger partial charge in [-0.25, -0.2) is 4.79 Å². The molecule has 0 unspecified atom stereocenters. The highest BCUT2D eigenvalue weighted by Gasteiger charge is 2.24. The van der Waals surface area contributed by atoms with E-state index in [-0.39, 0.29) is 5.69 Å². The lowest BCUT2D eigenvalue weighted by molar-refractivity contribution is 0.0690. The molecule has 1 aromatic heterocycles. The number of rotatable bonds is 3. The summed E-state index contributed by atoms with van der Waals surface area (Å²) in [5.41, 5.74) is 3.04. The number of carboxylic acids is 1. The Morgan fingerprint density at radius 1 is 1.09 bits per heavy atom. The van der Waals surface area contributed by atoms with E-state index in [4.69, 9.17) is 0 Å². The highest BCUT2D eigenvalue weighted by atomic mass is 16.4. The second-order valence-electron chi connectivity index (χ2n) is 6.16. The summed E-state index contributed by atoms with van der Waals surface area (Å²) in [6, 6.07) is 5.96. The summed E-state index contributed by atoms with van der Waals surface area (Å²) in [5, 5.41) is 18.2. The van der Waals surface area contributed by atoms with E-state index in [1.807, 2.05) is 32.0 Å². The van der Waals surface area contributed by atoms with Gasteiger partial charge in [-0.05, 0) is 38.3 Å². The van der Waals surface area contributed by atoms with E-state index in [1.165, 1.54) is 17.6 Å². The molecule has 1 saturated heterocycles. The number of aromatic carboxylic acids is 1. The normalized spacial score (nSPS) is 15.5. The quantitative estimate of drug-likeness (QED) is 0.943. The molecule has 23 heavy (non-hydrogen) atoms. The van der Waals surface area contributed by atoms with Gasteiger partial charge in [0.25, 0.3) is 0 Å². The van der Waals surface area contributed by atoms with Crippen LogP contribution in [0.4, 0.5) is 5.82 Å². The van der Waals surface area contributed by atoms with Gasteiger partial charge >= 0.3 is 5.97 Å². The molecule has 1 aromatic carbocycles. The van der Waals surface area contributed by atoms with Crippen molar-refractivity contribution in [2.75, 3.05) is 18.0 Å². The maximum absolute atomic E-state index is 11.6. The monoisotopic (exact) mass is 314 g/mol. The van der Waals surface area contributed by atoms with Crippen LogP contribution in [0.1, 0.15) is 47.3 Å². The fourth-order valence-corrected chi connectivity index (χ4v) is 3.07. The summed E-state index contributed by atoms with van der Waals surface area (Å²) < 4.78 is 0. The molecule has 0 spiro atoms. The van der Waals surface area contributed by atoms with Crippen LogP contribution in [-0.4, -0.2) is 39.2 Å². The maximum Gasteiger partial charge on any atom is 0.360 e. The largest absolute Gasteiger partial charge is 0.476 e. The molecule has 0 amide bonds. The van der Waals surface area contributed by atoms with E-state index in [2.05, 4.69) is 15.1 Å². The zero-order valence-corrected chi connectivity index (χ0v) is 13.6. The van der Waals surface area contributed by atoms with Crippen molar-refractivity contribution in [2.24, 2.45) is 0 Å². The third kappa shape index (κ3) is 3.21. The lowest BCUT2D eigenvalue weighted by atomic mass is 10.1. The number of aryl methyl sites for hydroxylation is 2. The molecule has 0 atom stereocenters. The van der Waals surface area contributed by atoms with Gasteiger partial charge in [0.05, 0.1) is 5.69 Å². The maximum atomic E-state index is 11.6. The first-order valence-corrected chi connectivity index (χ1v) is 8.09. The fourth-order valence-electron chi connectivity index (χ4n) is 3.07. The summed E-state index contributed by atoms with van der Waals surface area (Å²) in [6.07, 6.45) is 4.50. The molecule has 2 heterocycles. The van der Waals surface area contributed by atoms with Gasteiger partial charge < -0.3 is 10.0 Å². The van der Waals surface area contributed by atoms with Gasteiger partial charge in [-0.2, -0.15) is 0 Å². The smallest absolute Gasteiger partial charge is 0.360 e. The van der Waals surface area contributed by atoms with E-state index in [0.717, 1.165) is 42.7 Å². The number of aromatic nitrogens is 3. The Kier molecular flexibility index (Phi) is 4.32. The van der Waals surface area contributed by atoms with Crippen molar-refractivity contribution in [3.8, 4) is 5.69 Å². The van der Waals surface area contributed by atoms with E-state index in [1.54, 1.807) is 0 Å². The van der Waals surface area contributed by atoms with Crippen LogP contribution in [0.15, 0.2) is 18.2 Å². The Bertz CT molecular complexity index is 715. The molecule has 0 aliphatic carbocycles. The third-order valence-corrected chi connectivity index (χ3v) is 4.27. The number of nitrogens with zero attached hydrogens (tertiary/aromatic N) is 4. The molecule has 0 radical (unpaired) electrons. The molecule has 1 N–H and O–H groups in total. The molecule has 122 valence electrons. The number of anilines is 1. The van der Waals surface area contributed by atoms with Crippen molar-refractivity contribution in [3.63, 3.8) is 0 Å². The van der Waals surface area contributed by atoms with Crippen LogP contribution < -0.4 is 4.90 Å². The molecule has 1 aliphatic heterocycles. The molecule has 1 fully saturated rings. The number of hydrogen-bond donors (Lipinski definition) is 1. The Labute approximate surface area is 135 Å². The summed E-state index contributed by atoms with van der Waals surface area (Å²) >= 11 is 0. The van der Waals surface area contributed by atoms with Crippen LogP contribution in [0.3, 0.4) is 0 Å². The molecule has 2 aromatic rings. The van der Waals surface area contributed by atoms with Gasteiger partial charge in [0.15, 0.2) is 5.82 Å². The zero-order valence-electron chi connectivity index (χ0n) is 13.6. The van der Waals surface area contributed by atoms with Gasteiger partial charge in [0, 0.05) is 13.1 Å². The van der Waals surface area contributed by atoms with Crippen molar-refractivity contribution in [2.45, 2.75) is 39.5 Å². The van der Waals surface area contributed by atoms with Crippen molar-refractivity contribution in [3.05, 3.63) is 35.0 Å². The molecule has 1 aliphatic rings. The Hall–Kier alpha value is -2.37. The summed E-state index contributed by atoms with van der Waals surface area (Å²) in [6.45, 7) is 5.69. The molecule has 0 bridgehead atoms. The minimum absolute atomic E-state index is 0.0341. The molecule has 6 heteroatoms. The van der Waals surface area contributed by atoms with Crippen molar-refractivity contribution in [1.82, 2.24) is 15.0 Å². The first kappa shape index (κ1) is 15.5. The predicted octanol–water partition coefficient (Wildman–Crippen LogP) is 2.96. The van der Waals surface area contributed by atoms with E-state index >= 15 is 0 Å². The third-order valence-electron chi connectivity index (χ3n) is 4.27. The Balaban J connectivity index is 2.02. The summed E-state index contributed by atoms with van der Waals surface area (Å²) in [5.74, 6) is -0.542. The lowest BCUT2D eigenvalue weighted by Crippen LogP contribution is -2.26. The minimum Gasteiger partial charge on any atom is -0.476 e. The van der Waals surface area contributed by atoms with Gasteiger partial charge in [0.1, 0.15) is 0 Å². The number of hydrogen-bond acceptors (Lipinski definition) is 4. The van der Waals surface area contributed by atoms with Crippen molar-refractivity contribution < 1.29 is 9.90 Å². The number of carboxylic acid groups (broad SMARTS) is 1. The average Bonchev–Trinajstić information content (AvgIpc) is 2.76.